The van der Waals surface area contributed by atoms with Crippen LogP contribution in [0.25, 0.3) is 50.7 Å². The Morgan fingerprint density at radius 3 is 1.10 bits per heavy atom. The molecule has 0 spiro atoms. The number of tetrazole rings is 2. The minimum absolute atomic E-state index is 0.609. The fourth-order valence-corrected chi connectivity index (χ4v) is 12.8. The number of hydrogen-bond donors (Lipinski definition) is 0. The van der Waals surface area contributed by atoms with Crippen LogP contribution in [0, 0.1) is 6.92 Å². The number of aryl methyl sites for hydroxylation is 1. The lowest BCUT2D eigenvalue weighted by Crippen LogP contribution is -2.39. The number of nitrogens with zero attached hydrogens (tertiary/aromatic N) is 12. The fourth-order valence-electron chi connectivity index (χ4n) is 12.8. The Labute approximate surface area is 499 Å². The summed E-state index contributed by atoms with van der Waals surface area (Å²) in [6.07, 6.45) is 2.52. The smallest absolute Gasteiger partial charge is 0.184 e. The standard InChI is InChI=1S/C74H60N12/c1-3-26-69-68(51-54-43-47-56(48-44-54)64-39-22-24-41-66(64)71-76-79-81-84(71)73(58-27-10-4-11-28-58,59-29-12-5-13-30-59)60-31-14-6-15-32-60)70-75-53(2)78-86(70)83(69)52-55-45-49-57(50-46-55)65-40-23-25-42-67(65)72-77-80-82-85(72)74(61-33-16-7-17-34-61,62-35-18-8-19-36-62)63-37-20-9-21-38-63/h4-25,27-50H,3,26,51-52H2,1-2H3. The van der Waals surface area contributed by atoms with Gasteiger partial charge in [0.05, 0.1) is 6.54 Å². The Balaban J connectivity index is 0.782. The summed E-state index contributed by atoms with van der Waals surface area (Å²) < 4.78 is 8.34. The highest BCUT2D eigenvalue weighted by molar-refractivity contribution is 5.82. The first kappa shape index (κ1) is 53.1. The van der Waals surface area contributed by atoms with Gasteiger partial charge in [0, 0.05) is 28.8 Å². The molecule has 4 heterocycles. The second kappa shape index (κ2) is 23.0. The van der Waals surface area contributed by atoms with Crippen molar-refractivity contribution in [1.82, 2.24) is 59.8 Å². The van der Waals surface area contributed by atoms with Crippen molar-refractivity contribution in [3.8, 4) is 45.0 Å². The van der Waals surface area contributed by atoms with Crippen LogP contribution in [-0.2, 0) is 30.5 Å². The van der Waals surface area contributed by atoms with Gasteiger partial charge in [-0.25, -0.2) is 14.3 Å². The number of fused-ring (bicyclic) bond motifs is 1. The van der Waals surface area contributed by atoms with Crippen molar-refractivity contribution < 1.29 is 0 Å². The molecule has 0 aliphatic rings. The van der Waals surface area contributed by atoms with Gasteiger partial charge in [0.25, 0.3) is 0 Å². The molecule has 0 unspecified atom stereocenters. The van der Waals surface area contributed by atoms with Gasteiger partial charge < -0.3 is 0 Å². The van der Waals surface area contributed by atoms with Crippen LogP contribution in [0.1, 0.15) is 74.9 Å². The largest absolute Gasteiger partial charge is 0.263 e. The molecule has 12 nitrogen and oxygen atoms in total. The van der Waals surface area contributed by atoms with Gasteiger partial charge >= 0.3 is 0 Å². The Morgan fingerprint density at radius 1 is 0.384 bits per heavy atom. The second-order valence-corrected chi connectivity index (χ2v) is 21.7. The Morgan fingerprint density at radius 2 is 0.733 bits per heavy atom. The van der Waals surface area contributed by atoms with Gasteiger partial charge in [0.2, 0.25) is 0 Å². The Bertz CT molecular complexity index is 4090. The molecule has 0 fully saturated rings. The first-order chi connectivity index (χ1) is 42.5. The molecule has 0 saturated carbocycles. The molecule has 10 aromatic carbocycles. The third-order valence-corrected chi connectivity index (χ3v) is 16.6. The molecule has 0 atom stereocenters. The second-order valence-electron chi connectivity index (χ2n) is 21.7. The molecule has 0 radical (unpaired) electrons. The first-order valence-electron chi connectivity index (χ1n) is 29.3. The molecule has 0 aliphatic carbocycles. The Kier molecular flexibility index (Phi) is 14.2. The van der Waals surface area contributed by atoms with Crippen LogP contribution in [0.15, 0.2) is 279 Å². The van der Waals surface area contributed by atoms with Crippen LogP contribution in [0.2, 0.25) is 0 Å². The summed E-state index contributed by atoms with van der Waals surface area (Å²) in [4.78, 5) is 5.08. The summed E-state index contributed by atoms with van der Waals surface area (Å²) in [6.45, 7) is 4.82. The molecule has 14 rings (SSSR count). The molecule has 4 aromatic heterocycles. The van der Waals surface area contributed by atoms with Crippen molar-refractivity contribution in [2.75, 3.05) is 0 Å². The normalized spacial score (nSPS) is 11.8. The molecule has 0 amide bonds. The first-order valence-corrected chi connectivity index (χ1v) is 29.3. The van der Waals surface area contributed by atoms with E-state index in [9.17, 15) is 0 Å². The molecule has 14 aromatic rings. The number of aromatic nitrogens is 12. The minimum atomic E-state index is -0.890. The topological polar surface area (TPSA) is 122 Å². The predicted molar refractivity (Wildman–Crippen MR) is 338 cm³/mol. The highest BCUT2D eigenvalue weighted by atomic mass is 15.6. The van der Waals surface area contributed by atoms with Crippen molar-refractivity contribution in [2.24, 2.45) is 0 Å². The van der Waals surface area contributed by atoms with Crippen LogP contribution < -0.4 is 0 Å². The molecule has 0 N–H and O–H groups in total. The van der Waals surface area contributed by atoms with Gasteiger partial charge in [-0.05, 0) is 101 Å². The van der Waals surface area contributed by atoms with Gasteiger partial charge in [-0.3, -0.25) is 4.68 Å². The number of benzene rings is 10. The van der Waals surface area contributed by atoms with Crippen molar-refractivity contribution in [3.05, 3.63) is 341 Å². The third-order valence-electron chi connectivity index (χ3n) is 16.6. The zero-order valence-corrected chi connectivity index (χ0v) is 47.8. The van der Waals surface area contributed by atoms with E-state index < -0.39 is 11.1 Å². The lowest BCUT2D eigenvalue weighted by molar-refractivity contribution is 0.451. The van der Waals surface area contributed by atoms with Crippen molar-refractivity contribution in [3.63, 3.8) is 0 Å². The summed E-state index contributed by atoms with van der Waals surface area (Å²) in [7, 11) is 0. The van der Waals surface area contributed by atoms with E-state index in [1.165, 1.54) is 16.8 Å². The minimum Gasteiger partial charge on any atom is -0.263 e. The van der Waals surface area contributed by atoms with Crippen LogP contribution in [-0.4, -0.2) is 59.8 Å². The van der Waals surface area contributed by atoms with Crippen molar-refractivity contribution in [1.29, 1.82) is 0 Å². The zero-order valence-electron chi connectivity index (χ0n) is 47.8. The highest BCUT2D eigenvalue weighted by Crippen LogP contribution is 2.46. The summed E-state index contributed by atoms with van der Waals surface area (Å²) in [6, 6.07) is 97.7. The number of hydrogen-bond acceptors (Lipinski definition) is 8. The fraction of sp³-hybridized carbons (Fsp3) is 0.108. The highest BCUT2D eigenvalue weighted by Gasteiger charge is 2.44. The van der Waals surface area contributed by atoms with Crippen molar-refractivity contribution >= 4 is 5.65 Å². The summed E-state index contributed by atoms with van der Waals surface area (Å²) in [5, 5.41) is 33.2. The maximum Gasteiger partial charge on any atom is 0.184 e. The molecule has 12 heteroatoms. The van der Waals surface area contributed by atoms with E-state index in [1.54, 1.807) is 0 Å². The average Bonchev–Trinajstić information content (AvgIpc) is 2.04. The van der Waals surface area contributed by atoms with Crippen LogP contribution >= 0.6 is 0 Å². The molecule has 0 bridgehead atoms. The predicted octanol–water partition coefficient (Wildman–Crippen LogP) is 14.8. The molecule has 416 valence electrons. The van der Waals surface area contributed by atoms with E-state index in [4.69, 9.17) is 30.7 Å². The SMILES string of the molecule is CCCc1c(Cc2ccc(-c3ccccc3-c3nnnn3C(c3ccccc3)(c3ccccc3)c3ccccc3)cc2)c2nc(C)nn2n1Cc1ccc(-c2ccccc2-c2nnnn2C(c2ccccc2)(c2ccccc2)c2ccccc2)cc1. The molecule has 0 aliphatic heterocycles. The van der Waals surface area contributed by atoms with Crippen LogP contribution in [0.4, 0.5) is 0 Å². The van der Waals surface area contributed by atoms with Gasteiger partial charge in [-0.15, -0.1) is 15.3 Å². The molecular weight excluding hydrogens is 1060 g/mol. The van der Waals surface area contributed by atoms with Gasteiger partial charge in [-0.1, -0.05) is 292 Å². The molecular formula is C74H60N12. The maximum absolute atomic E-state index is 5.08. The lowest BCUT2D eigenvalue weighted by Gasteiger charge is -2.36. The van der Waals surface area contributed by atoms with E-state index in [0.717, 1.165) is 96.6 Å². The number of rotatable bonds is 18. The van der Waals surface area contributed by atoms with E-state index in [0.29, 0.717) is 24.6 Å². The molecule has 0 saturated heterocycles. The third kappa shape index (κ3) is 9.28. The van der Waals surface area contributed by atoms with Gasteiger partial charge in [0.1, 0.15) is 16.9 Å². The van der Waals surface area contributed by atoms with Crippen LogP contribution in [0.5, 0.6) is 0 Å². The Hall–Kier alpha value is -11.0. The zero-order chi connectivity index (χ0) is 57.9. The van der Waals surface area contributed by atoms with Crippen LogP contribution in [0.3, 0.4) is 0 Å². The summed E-state index contributed by atoms with van der Waals surface area (Å²) in [5.41, 5.74) is 16.1. The van der Waals surface area contributed by atoms with Gasteiger partial charge in [-0.2, -0.15) is 4.63 Å². The van der Waals surface area contributed by atoms with Gasteiger partial charge in [0.15, 0.2) is 17.3 Å². The average molecular weight is 1120 g/mol. The summed E-state index contributed by atoms with van der Waals surface area (Å²) in [5.74, 6) is 2.04. The monoisotopic (exact) mass is 1120 g/mol. The van der Waals surface area contributed by atoms with Crippen molar-refractivity contribution in [2.45, 2.75) is 50.7 Å². The summed E-state index contributed by atoms with van der Waals surface area (Å²) >= 11 is 0. The quantitative estimate of drug-likeness (QED) is 0.0779. The molecule has 86 heavy (non-hydrogen) atoms. The van der Waals surface area contributed by atoms with E-state index in [2.05, 4.69) is 265 Å². The van der Waals surface area contributed by atoms with E-state index >= 15 is 0 Å². The lowest BCUT2D eigenvalue weighted by atomic mass is 9.77. The van der Waals surface area contributed by atoms with E-state index in [1.807, 2.05) is 57.3 Å². The maximum atomic E-state index is 5.08. The van der Waals surface area contributed by atoms with E-state index in [-0.39, 0.29) is 0 Å².